The van der Waals surface area contributed by atoms with E-state index in [9.17, 15) is 4.79 Å². The van der Waals surface area contributed by atoms with Crippen LogP contribution in [0.4, 0.5) is 4.79 Å². The van der Waals surface area contributed by atoms with Crippen molar-refractivity contribution in [2.24, 2.45) is 0 Å². The third-order valence-electron chi connectivity index (χ3n) is 2.24. The van der Waals surface area contributed by atoms with Crippen LogP contribution in [0.5, 0.6) is 0 Å². The predicted octanol–water partition coefficient (Wildman–Crippen LogP) is 1.68. The summed E-state index contributed by atoms with van der Waals surface area (Å²) < 4.78 is 0. The van der Waals surface area contributed by atoms with Gasteiger partial charge in [-0.2, -0.15) is 0 Å². The molecular weight excluding hydrogens is 176 g/mol. The van der Waals surface area contributed by atoms with Crippen molar-refractivity contribution in [3.8, 4) is 0 Å². The lowest BCUT2D eigenvalue weighted by Gasteiger charge is -2.23. The fraction of sp³-hybridized carbons (Fsp3) is 0.182. The van der Waals surface area contributed by atoms with Crippen molar-refractivity contribution in [1.29, 1.82) is 0 Å². The molecule has 0 bridgehead atoms. The molecular formula is C11H12N2O. The van der Waals surface area contributed by atoms with Crippen LogP contribution in [0.25, 0.3) is 5.70 Å². The summed E-state index contributed by atoms with van der Waals surface area (Å²) >= 11 is 0. The average Bonchev–Trinajstić information content (AvgIpc) is 2.23. The highest BCUT2D eigenvalue weighted by molar-refractivity contribution is 5.87. The quantitative estimate of drug-likeness (QED) is 0.714. The number of amides is 2. The molecule has 1 heterocycles. The number of hydrogen-bond acceptors (Lipinski definition) is 1. The van der Waals surface area contributed by atoms with Crippen LogP contribution in [0.3, 0.4) is 0 Å². The van der Waals surface area contributed by atoms with E-state index in [4.69, 9.17) is 0 Å². The van der Waals surface area contributed by atoms with Gasteiger partial charge >= 0.3 is 6.03 Å². The van der Waals surface area contributed by atoms with Crippen molar-refractivity contribution in [3.63, 3.8) is 0 Å². The molecule has 0 spiro atoms. The highest BCUT2D eigenvalue weighted by Gasteiger charge is 2.15. The summed E-state index contributed by atoms with van der Waals surface area (Å²) in [4.78, 5) is 13.0. The molecule has 0 unspecified atom stereocenters. The molecule has 0 radical (unpaired) electrons. The molecule has 2 amide bonds. The van der Waals surface area contributed by atoms with E-state index >= 15 is 0 Å². The van der Waals surface area contributed by atoms with Gasteiger partial charge in [0.2, 0.25) is 0 Å². The Labute approximate surface area is 83.0 Å². The van der Waals surface area contributed by atoms with E-state index < -0.39 is 0 Å². The minimum absolute atomic E-state index is 0.0497. The Bertz CT molecular complexity index is 370. The van der Waals surface area contributed by atoms with Crippen LogP contribution >= 0.6 is 0 Å². The Balaban J connectivity index is 2.25. The maximum atomic E-state index is 11.4. The van der Waals surface area contributed by atoms with Crippen molar-refractivity contribution in [1.82, 2.24) is 10.2 Å². The molecule has 1 N–H and O–H groups in total. The van der Waals surface area contributed by atoms with E-state index in [-0.39, 0.29) is 6.03 Å². The average molecular weight is 188 g/mol. The van der Waals surface area contributed by atoms with Gasteiger partial charge in [-0.1, -0.05) is 30.3 Å². The maximum absolute atomic E-state index is 11.4. The Morgan fingerprint density at radius 2 is 2.00 bits per heavy atom. The standard InChI is InChI=1S/C11H12N2O/c1-13-8-7-10(12-11(13)14)9-5-3-2-4-6-9/h2-7H,8H2,1H3,(H,12,14). The monoisotopic (exact) mass is 188 g/mol. The van der Waals surface area contributed by atoms with Gasteiger partial charge < -0.3 is 10.2 Å². The molecule has 2 rings (SSSR count). The number of likely N-dealkylation sites (N-methyl/N-ethyl adjacent to an activating group) is 1. The van der Waals surface area contributed by atoms with Gasteiger partial charge in [0.15, 0.2) is 0 Å². The smallest absolute Gasteiger partial charge is 0.321 e. The van der Waals surface area contributed by atoms with Crippen LogP contribution in [0.15, 0.2) is 36.4 Å². The fourth-order valence-corrected chi connectivity index (χ4v) is 1.38. The van der Waals surface area contributed by atoms with Crippen LogP contribution in [-0.2, 0) is 0 Å². The molecule has 0 aromatic heterocycles. The molecule has 72 valence electrons. The number of carbonyl (C=O) groups excluding carboxylic acids is 1. The van der Waals surface area contributed by atoms with Gasteiger partial charge in [0.1, 0.15) is 0 Å². The lowest BCUT2D eigenvalue weighted by Crippen LogP contribution is -2.40. The van der Waals surface area contributed by atoms with Crippen LogP contribution in [0.1, 0.15) is 5.56 Å². The fourth-order valence-electron chi connectivity index (χ4n) is 1.38. The summed E-state index contributed by atoms with van der Waals surface area (Å²) in [7, 11) is 1.77. The van der Waals surface area contributed by atoms with E-state index in [2.05, 4.69) is 5.32 Å². The van der Waals surface area contributed by atoms with Crippen molar-refractivity contribution >= 4 is 11.7 Å². The summed E-state index contributed by atoms with van der Waals surface area (Å²) in [6, 6.07) is 9.79. The third-order valence-corrected chi connectivity index (χ3v) is 2.24. The lowest BCUT2D eigenvalue weighted by molar-refractivity contribution is 0.215. The number of carbonyl (C=O) groups is 1. The van der Waals surface area contributed by atoms with Gasteiger partial charge in [-0.25, -0.2) is 4.79 Å². The first-order valence-corrected chi connectivity index (χ1v) is 4.55. The summed E-state index contributed by atoms with van der Waals surface area (Å²) in [6.45, 7) is 0.663. The molecule has 0 fully saturated rings. The van der Waals surface area contributed by atoms with E-state index in [1.165, 1.54) is 0 Å². The molecule has 0 saturated heterocycles. The first-order valence-electron chi connectivity index (χ1n) is 4.55. The molecule has 1 aromatic rings. The Kier molecular flexibility index (Phi) is 2.23. The summed E-state index contributed by atoms with van der Waals surface area (Å²) in [5.74, 6) is 0. The number of nitrogens with zero attached hydrogens (tertiary/aromatic N) is 1. The maximum Gasteiger partial charge on any atom is 0.321 e. The van der Waals surface area contributed by atoms with Crippen molar-refractivity contribution in [2.75, 3.05) is 13.6 Å². The van der Waals surface area contributed by atoms with Gasteiger partial charge in [0.25, 0.3) is 0 Å². The number of benzene rings is 1. The van der Waals surface area contributed by atoms with Crippen LogP contribution in [0.2, 0.25) is 0 Å². The zero-order chi connectivity index (χ0) is 9.97. The minimum Gasteiger partial charge on any atom is -0.324 e. The van der Waals surface area contributed by atoms with Crippen molar-refractivity contribution in [2.45, 2.75) is 0 Å². The number of nitrogens with one attached hydrogen (secondary N) is 1. The molecule has 0 saturated carbocycles. The van der Waals surface area contributed by atoms with E-state index in [1.807, 2.05) is 36.4 Å². The topological polar surface area (TPSA) is 32.3 Å². The molecule has 14 heavy (non-hydrogen) atoms. The number of rotatable bonds is 1. The Morgan fingerprint density at radius 1 is 1.29 bits per heavy atom. The highest BCUT2D eigenvalue weighted by atomic mass is 16.2. The molecule has 3 nitrogen and oxygen atoms in total. The van der Waals surface area contributed by atoms with Crippen molar-refractivity contribution < 1.29 is 4.79 Å². The largest absolute Gasteiger partial charge is 0.324 e. The van der Waals surface area contributed by atoms with Gasteiger partial charge in [-0.15, -0.1) is 0 Å². The first kappa shape index (κ1) is 8.81. The van der Waals surface area contributed by atoms with Crippen molar-refractivity contribution in [3.05, 3.63) is 42.0 Å². The minimum atomic E-state index is -0.0497. The molecule has 0 atom stereocenters. The molecule has 3 heteroatoms. The van der Waals surface area contributed by atoms with Gasteiger partial charge in [-0.3, -0.25) is 0 Å². The number of hydrogen-bond donors (Lipinski definition) is 1. The zero-order valence-corrected chi connectivity index (χ0v) is 8.03. The molecule has 1 aliphatic heterocycles. The Morgan fingerprint density at radius 3 is 2.64 bits per heavy atom. The molecule has 1 aromatic carbocycles. The van der Waals surface area contributed by atoms with Gasteiger partial charge in [-0.05, 0) is 11.6 Å². The van der Waals surface area contributed by atoms with Crippen LogP contribution in [0, 0.1) is 0 Å². The second kappa shape index (κ2) is 3.54. The second-order valence-corrected chi connectivity index (χ2v) is 3.29. The second-order valence-electron chi connectivity index (χ2n) is 3.29. The van der Waals surface area contributed by atoms with E-state index in [0.717, 1.165) is 11.3 Å². The predicted molar refractivity (Wildman–Crippen MR) is 55.6 cm³/mol. The van der Waals surface area contributed by atoms with E-state index in [1.54, 1.807) is 11.9 Å². The van der Waals surface area contributed by atoms with Crippen LogP contribution < -0.4 is 5.32 Å². The summed E-state index contributed by atoms with van der Waals surface area (Å²) in [5, 5.41) is 2.83. The summed E-state index contributed by atoms with van der Waals surface area (Å²) in [6.07, 6.45) is 2.01. The van der Waals surface area contributed by atoms with Gasteiger partial charge in [0, 0.05) is 19.3 Å². The van der Waals surface area contributed by atoms with E-state index in [0.29, 0.717) is 6.54 Å². The Hall–Kier alpha value is -1.77. The lowest BCUT2D eigenvalue weighted by atomic mass is 10.1. The summed E-state index contributed by atoms with van der Waals surface area (Å²) in [5.41, 5.74) is 1.95. The SMILES string of the molecule is CN1CC=C(c2ccccc2)NC1=O. The highest BCUT2D eigenvalue weighted by Crippen LogP contribution is 2.13. The molecule has 1 aliphatic rings. The first-order chi connectivity index (χ1) is 6.77. The molecule has 0 aliphatic carbocycles. The van der Waals surface area contributed by atoms with Crippen LogP contribution in [-0.4, -0.2) is 24.5 Å². The van der Waals surface area contributed by atoms with Gasteiger partial charge in [0.05, 0.1) is 0 Å². The zero-order valence-electron chi connectivity index (χ0n) is 8.03. The normalized spacial score (nSPS) is 16.2. The third kappa shape index (κ3) is 1.62. The number of urea groups is 1.